The van der Waals surface area contributed by atoms with Crippen LogP contribution < -0.4 is 0 Å². The summed E-state index contributed by atoms with van der Waals surface area (Å²) in [6, 6.07) is 0. The first kappa shape index (κ1) is 12.6. The van der Waals surface area contributed by atoms with E-state index in [1.165, 1.54) is 0 Å². The van der Waals surface area contributed by atoms with Gasteiger partial charge in [-0.05, 0) is 6.42 Å². The van der Waals surface area contributed by atoms with Crippen LogP contribution >= 0.6 is 0 Å². The van der Waals surface area contributed by atoms with Crippen molar-refractivity contribution in [3.05, 3.63) is 0 Å². The molecular weight excluding hydrogens is 195 g/mol. The highest BCUT2D eigenvalue weighted by Crippen LogP contribution is 2.38. The molecule has 0 aromatic heterocycles. The minimum Gasteiger partial charge on any atom is -0.376 e. The number of hydrogen-bond acceptors (Lipinski definition) is 1. The largest absolute Gasteiger partial charge is 0.422 e. The van der Waals surface area contributed by atoms with Crippen LogP contribution in [0.1, 0.15) is 26.2 Å². The third kappa shape index (κ3) is 2.79. The average molecular weight is 206 g/mol. The molecule has 13 heavy (non-hydrogen) atoms. The first-order valence-corrected chi connectivity index (χ1v) is 3.83. The van der Waals surface area contributed by atoms with Crippen LogP contribution in [-0.2, 0) is 0 Å². The molecule has 1 nitrogen and oxygen atoms in total. The van der Waals surface area contributed by atoms with E-state index in [9.17, 15) is 22.0 Å². The zero-order valence-corrected chi connectivity index (χ0v) is 7.04. The number of rotatable bonds is 4. The number of aliphatic hydroxyl groups is 1. The first-order valence-electron chi connectivity index (χ1n) is 3.83. The van der Waals surface area contributed by atoms with Gasteiger partial charge in [-0.3, -0.25) is 0 Å². The van der Waals surface area contributed by atoms with E-state index in [-0.39, 0.29) is 6.42 Å². The topological polar surface area (TPSA) is 20.2 Å². The molecule has 0 spiro atoms. The zero-order chi connectivity index (χ0) is 10.7. The van der Waals surface area contributed by atoms with E-state index in [1.54, 1.807) is 6.92 Å². The minimum atomic E-state index is -5.27. The molecule has 0 heterocycles. The van der Waals surface area contributed by atoms with Crippen LogP contribution in [0.2, 0.25) is 0 Å². The van der Waals surface area contributed by atoms with Gasteiger partial charge in [-0.15, -0.1) is 0 Å². The minimum absolute atomic E-state index is 0.0830. The summed E-state index contributed by atoms with van der Waals surface area (Å²) in [6.45, 7) is 1.56. The summed E-state index contributed by atoms with van der Waals surface area (Å²) < 4.78 is 59.7. The third-order valence-corrected chi connectivity index (χ3v) is 1.76. The molecule has 0 aromatic rings. The lowest BCUT2D eigenvalue weighted by Crippen LogP contribution is -2.51. The number of alkyl halides is 5. The Balaban J connectivity index is 4.54. The van der Waals surface area contributed by atoms with Crippen molar-refractivity contribution in [2.24, 2.45) is 0 Å². The molecule has 80 valence electrons. The van der Waals surface area contributed by atoms with Crippen molar-refractivity contribution in [3.8, 4) is 0 Å². The Morgan fingerprint density at radius 2 is 1.69 bits per heavy atom. The molecule has 1 unspecified atom stereocenters. The highest BCUT2D eigenvalue weighted by Gasteiger charge is 2.59. The fourth-order valence-electron chi connectivity index (χ4n) is 0.821. The fraction of sp³-hybridized carbons (Fsp3) is 1.00. The summed E-state index contributed by atoms with van der Waals surface area (Å²) in [5.74, 6) is 0. The Kier molecular flexibility index (Phi) is 4.09. The van der Waals surface area contributed by atoms with Crippen LogP contribution in [0, 0.1) is 0 Å². The summed E-state index contributed by atoms with van der Waals surface area (Å²) in [7, 11) is 0. The van der Waals surface area contributed by atoms with Gasteiger partial charge in [0.1, 0.15) is 0 Å². The molecule has 0 rings (SSSR count). The van der Waals surface area contributed by atoms with Crippen LogP contribution in [0.3, 0.4) is 0 Å². The maximum absolute atomic E-state index is 11.9. The second-order valence-electron chi connectivity index (χ2n) is 2.83. The molecule has 0 aliphatic heterocycles. The number of unbranched alkanes of at least 4 members (excludes halogenated alkanes) is 1. The molecule has 0 amide bonds. The van der Waals surface area contributed by atoms with E-state index in [0.717, 1.165) is 0 Å². The fourth-order valence-corrected chi connectivity index (χ4v) is 0.821. The van der Waals surface area contributed by atoms with Gasteiger partial charge >= 0.3 is 6.18 Å². The van der Waals surface area contributed by atoms with Gasteiger partial charge in [0.05, 0.1) is 0 Å². The van der Waals surface area contributed by atoms with Gasteiger partial charge in [0.15, 0.2) is 0 Å². The monoisotopic (exact) mass is 206 g/mol. The van der Waals surface area contributed by atoms with Crippen molar-refractivity contribution in [2.45, 2.75) is 44.4 Å². The van der Waals surface area contributed by atoms with Gasteiger partial charge in [-0.25, -0.2) is 8.78 Å². The van der Waals surface area contributed by atoms with Crippen molar-refractivity contribution in [1.82, 2.24) is 0 Å². The summed E-state index contributed by atoms with van der Waals surface area (Å²) in [5, 5.41) is 8.68. The molecule has 0 aromatic carbocycles. The normalized spacial score (nSPS) is 17.5. The number of halogens is 5. The smallest absolute Gasteiger partial charge is 0.376 e. The van der Waals surface area contributed by atoms with Gasteiger partial charge in [0.25, 0.3) is 6.43 Å². The maximum Gasteiger partial charge on any atom is 0.422 e. The van der Waals surface area contributed by atoms with E-state index < -0.39 is 24.6 Å². The second-order valence-corrected chi connectivity index (χ2v) is 2.83. The Labute approximate surface area is 72.6 Å². The SMILES string of the molecule is CCCCC(O)(C(F)F)C(F)(F)F. The number of hydrogen-bond donors (Lipinski definition) is 1. The quantitative estimate of drug-likeness (QED) is 0.701. The summed E-state index contributed by atoms with van der Waals surface area (Å²) in [5.41, 5.74) is -3.84. The first-order chi connectivity index (χ1) is 5.75. The average Bonchev–Trinajstić information content (AvgIpc) is 1.97. The predicted molar refractivity (Wildman–Crippen MR) is 36.5 cm³/mol. The Morgan fingerprint density at radius 1 is 1.23 bits per heavy atom. The molecule has 0 saturated heterocycles. The van der Waals surface area contributed by atoms with Crippen LogP contribution in [0.25, 0.3) is 0 Å². The Morgan fingerprint density at radius 3 is 1.92 bits per heavy atom. The second kappa shape index (κ2) is 4.21. The van der Waals surface area contributed by atoms with Gasteiger partial charge in [-0.1, -0.05) is 19.8 Å². The Bertz CT molecular complexity index is 155. The molecule has 0 aliphatic carbocycles. The molecule has 0 aliphatic rings. The van der Waals surface area contributed by atoms with Crippen molar-refractivity contribution in [1.29, 1.82) is 0 Å². The summed E-state index contributed by atoms with van der Waals surface area (Å²) in [4.78, 5) is 0. The van der Waals surface area contributed by atoms with Crippen LogP contribution in [0.4, 0.5) is 22.0 Å². The van der Waals surface area contributed by atoms with Crippen LogP contribution in [0.15, 0.2) is 0 Å². The van der Waals surface area contributed by atoms with E-state index in [2.05, 4.69) is 0 Å². The van der Waals surface area contributed by atoms with Gasteiger partial charge in [0, 0.05) is 0 Å². The Hall–Kier alpha value is -0.390. The predicted octanol–water partition coefficient (Wildman–Crippen LogP) is 2.74. The van der Waals surface area contributed by atoms with Gasteiger partial charge in [-0.2, -0.15) is 13.2 Å². The molecule has 0 radical (unpaired) electrons. The molecule has 1 atom stereocenters. The van der Waals surface area contributed by atoms with Crippen LogP contribution in [0.5, 0.6) is 0 Å². The van der Waals surface area contributed by atoms with E-state index in [1.807, 2.05) is 0 Å². The third-order valence-electron chi connectivity index (χ3n) is 1.76. The molecule has 0 fully saturated rings. The highest BCUT2D eigenvalue weighted by molar-refractivity contribution is 4.88. The van der Waals surface area contributed by atoms with Crippen molar-refractivity contribution in [2.75, 3.05) is 0 Å². The summed E-state index contributed by atoms with van der Waals surface area (Å²) >= 11 is 0. The van der Waals surface area contributed by atoms with E-state index in [4.69, 9.17) is 5.11 Å². The van der Waals surface area contributed by atoms with Crippen molar-refractivity contribution < 1.29 is 27.1 Å². The lowest BCUT2D eigenvalue weighted by Gasteiger charge is -2.29. The molecular formula is C7H11F5O. The van der Waals surface area contributed by atoms with Crippen LogP contribution in [-0.4, -0.2) is 23.3 Å². The zero-order valence-electron chi connectivity index (χ0n) is 7.04. The highest BCUT2D eigenvalue weighted by atomic mass is 19.4. The molecule has 0 bridgehead atoms. The maximum atomic E-state index is 11.9. The van der Waals surface area contributed by atoms with Gasteiger partial charge < -0.3 is 5.11 Å². The standard InChI is InChI=1S/C7H11F5O/c1-2-3-4-6(13,5(8)9)7(10,11)12/h5,13H,2-4H2,1H3. The molecule has 1 N–H and O–H groups in total. The molecule has 6 heteroatoms. The van der Waals surface area contributed by atoms with Gasteiger partial charge in [0.2, 0.25) is 5.60 Å². The van der Waals surface area contributed by atoms with E-state index in [0.29, 0.717) is 6.42 Å². The van der Waals surface area contributed by atoms with E-state index >= 15 is 0 Å². The van der Waals surface area contributed by atoms with Crippen molar-refractivity contribution >= 4 is 0 Å². The molecule has 0 saturated carbocycles. The lowest BCUT2D eigenvalue weighted by molar-refractivity contribution is -0.300. The van der Waals surface area contributed by atoms with Crippen molar-refractivity contribution in [3.63, 3.8) is 0 Å². The lowest BCUT2D eigenvalue weighted by atomic mass is 9.97. The summed E-state index contributed by atoms with van der Waals surface area (Å²) in [6.07, 6.45) is -9.77.